The molecule has 1 saturated heterocycles. The zero-order valence-electron chi connectivity index (χ0n) is 11.0. The molecule has 17 heavy (non-hydrogen) atoms. The van der Waals surface area contributed by atoms with E-state index in [4.69, 9.17) is 0 Å². The maximum absolute atomic E-state index is 3.71. The lowest BCUT2D eigenvalue weighted by atomic mass is 9.96. The van der Waals surface area contributed by atoms with Gasteiger partial charge in [0.05, 0.1) is 0 Å². The van der Waals surface area contributed by atoms with Crippen LogP contribution >= 0.6 is 0 Å². The minimum Gasteiger partial charge on any atom is -0.317 e. The van der Waals surface area contributed by atoms with Gasteiger partial charge in [0.1, 0.15) is 0 Å². The van der Waals surface area contributed by atoms with Gasteiger partial charge in [-0.05, 0) is 49.9 Å². The third-order valence-electron chi connectivity index (χ3n) is 3.77. The van der Waals surface area contributed by atoms with Gasteiger partial charge < -0.3 is 10.6 Å². The number of hydrogen-bond acceptors (Lipinski definition) is 2. The number of rotatable bonds is 4. The van der Waals surface area contributed by atoms with Crippen LogP contribution in [0.4, 0.5) is 0 Å². The van der Waals surface area contributed by atoms with Crippen LogP contribution in [-0.2, 0) is 0 Å². The van der Waals surface area contributed by atoms with Crippen molar-refractivity contribution in [1.82, 2.24) is 10.6 Å². The molecule has 0 spiro atoms. The Bertz CT molecular complexity index is 343. The van der Waals surface area contributed by atoms with Crippen molar-refractivity contribution in [1.29, 1.82) is 0 Å². The number of nitrogens with one attached hydrogen (secondary N) is 2. The lowest BCUT2D eigenvalue weighted by Gasteiger charge is -2.25. The molecule has 2 heteroatoms. The molecule has 2 N–H and O–H groups in total. The molecule has 0 saturated carbocycles. The Balaban J connectivity index is 1.84. The third-order valence-corrected chi connectivity index (χ3v) is 3.77. The number of aryl methyl sites for hydroxylation is 1. The minimum atomic E-state index is 0.603. The van der Waals surface area contributed by atoms with Gasteiger partial charge in [0, 0.05) is 12.6 Å². The van der Waals surface area contributed by atoms with Crippen LogP contribution in [0.5, 0.6) is 0 Å². The summed E-state index contributed by atoms with van der Waals surface area (Å²) in [6.07, 6.45) is 2.53. The van der Waals surface area contributed by atoms with E-state index in [-0.39, 0.29) is 0 Å². The summed E-state index contributed by atoms with van der Waals surface area (Å²) in [7, 11) is 0. The fourth-order valence-corrected chi connectivity index (χ4v) is 2.62. The SMILES string of the molecule is Cc1ccccc1C(C)CNC1CCNCC1. The van der Waals surface area contributed by atoms with Crippen LogP contribution in [-0.4, -0.2) is 25.7 Å². The first kappa shape index (κ1) is 12.6. The fraction of sp³-hybridized carbons (Fsp3) is 0.600. The van der Waals surface area contributed by atoms with Crippen LogP contribution in [0.2, 0.25) is 0 Å². The summed E-state index contributed by atoms with van der Waals surface area (Å²) < 4.78 is 0. The Morgan fingerprint density at radius 1 is 1.29 bits per heavy atom. The van der Waals surface area contributed by atoms with Crippen LogP contribution in [0.1, 0.15) is 36.8 Å². The van der Waals surface area contributed by atoms with Crippen LogP contribution in [0.3, 0.4) is 0 Å². The second kappa shape index (κ2) is 6.18. The van der Waals surface area contributed by atoms with E-state index >= 15 is 0 Å². The summed E-state index contributed by atoms with van der Waals surface area (Å²) in [5, 5.41) is 7.11. The third kappa shape index (κ3) is 3.55. The predicted octanol–water partition coefficient (Wildman–Crippen LogP) is 2.44. The predicted molar refractivity (Wildman–Crippen MR) is 73.5 cm³/mol. The molecular formula is C15H24N2. The molecule has 0 aromatic heterocycles. The van der Waals surface area contributed by atoms with Gasteiger partial charge in [0.25, 0.3) is 0 Å². The topological polar surface area (TPSA) is 24.1 Å². The largest absolute Gasteiger partial charge is 0.317 e. The molecule has 0 bridgehead atoms. The summed E-state index contributed by atoms with van der Waals surface area (Å²) in [4.78, 5) is 0. The fourth-order valence-electron chi connectivity index (χ4n) is 2.62. The van der Waals surface area contributed by atoms with Gasteiger partial charge in [-0.3, -0.25) is 0 Å². The molecule has 1 fully saturated rings. The van der Waals surface area contributed by atoms with Gasteiger partial charge in [-0.2, -0.15) is 0 Å². The normalized spacial score (nSPS) is 19.2. The summed E-state index contributed by atoms with van der Waals surface area (Å²) >= 11 is 0. The molecule has 1 aliphatic heterocycles. The zero-order chi connectivity index (χ0) is 12.1. The summed E-state index contributed by atoms with van der Waals surface area (Å²) in [5.74, 6) is 0.603. The van der Waals surface area contributed by atoms with Crippen molar-refractivity contribution in [3.8, 4) is 0 Å². The second-order valence-corrected chi connectivity index (χ2v) is 5.19. The maximum Gasteiger partial charge on any atom is 0.00914 e. The van der Waals surface area contributed by atoms with Crippen LogP contribution in [0.25, 0.3) is 0 Å². The van der Waals surface area contributed by atoms with Gasteiger partial charge in [-0.25, -0.2) is 0 Å². The van der Waals surface area contributed by atoms with Crippen molar-refractivity contribution in [2.75, 3.05) is 19.6 Å². The Morgan fingerprint density at radius 2 is 2.00 bits per heavy atom. The molecule has 1 aromatic rings. The molecule has 94 valence electrons. The highest BCUT2D eigenvalue weighted by molar-refractivity contribution is 5.28. The van der Waals surface area contributed by atoms with E-state index in [0.29, 0.717) is 12.0 Å². The summed E-state index contributed by atoms with van der Waals surface area (Å²) in [6.45, 7) is 7.94. The maximum atomic E-state index is 3.71. The van der Waals surface area contributed by atoms with Crippen molar-refractivity contribution in [3.05, 3.63) is 35.4 Å². The zero-order valence-corrected chi connectivity index (χ0v) is 11.0. The smallest absolute Gasteiger partial charge is 0.00914 e. The molecule has 1 aliphatic rings. The average molecular weight is 232 g/mol. The standard InChI is InChI=1S/C15H24N2/c1-12-5-3-4-6-15(12)13(2)11-17-14-7-9-16-10-8-14/h3-6,13-14,16-17H,7-11H2,1-2H3. The molecule has 1 heterocycles. The van der Waals surface area contributed by atoms with E-state index in [1.54, 1.807) is 0 Å². The monoisotopic (exact) mass is 232 g/mol. The molecular weight excluding hydrogens is 208 g/mol. The van der Waals surface area contributed by atoms with Gasteiger partial charge >= 0.3 is 0 Å². The van der Waals surface area contributed by atoms with E-state index in [9.17, 15) is 0 Å². The summed E-state index contributed by atoms with van der Waals surface area (Å²) in [5.41, 5.74) is 2.89. The quantitative estimate of drug-likeness (QED) is 0.833. The molecule has 0 radical (unpaired) electrons. The van der Waals surface area contributed by atoms with Crippen LogP contribution in [0, 0.1) is 6.92 Å². The molecule has 0 aliphatic carbocycles. The second-order valence-electron chi connectivity index (χ2n) is 5.19. The molecule has 2 rings (SSSR count). The highest BCUT2D eigenvalue weighted by atomic mass is 15.0. The molecule has 1 atom stereocenters. The van der Waals surface area contributed by atoms with Crippen molar-refractivity contribution in [3.63, 3.8) is 0 Å². The van der Waals surface area contributed by atoms with E-state index in [1.165, 1.54) is 24.0 Å². The number of piperidine rings is 1. The molecule has 2 nitrogen and oxygen atoms in total. The lowest BCUT2D eigenvalue weighted by molar-refractivity contribution is 0.381. The molecule has 1 unspecified atom stereocenters. The van der Waals surface area contributed by atoms with E-state index in [0.717, 1.165) is 19.6 Å². The first-order valence-corrected chi connectivity index (χ1v) is 6.77. The molecule has 1 aromatic carbocycles. The Labute approximate surface area is 105 Å². The highest BCUT2D eigenvalue weighted by Crippen LogP contribution is 2.18. The van der Waals surface area contributed by atoms with E-state index in [2.05, 4.69) is 48.7 Å². The van der Waals surface area contributed by atoms with E-state index in [1.807, 2.05) is 0 Å². The van der Waals surface area contributed by atoms with Gasteiger partial charge in [-0.1, -0.05) is 31.2 Å². The van der Waals surface area contributed by atoms with E-state index < -0.39 is 0 Å². The summed E-state index contributed by atoms with van der Waals surface area (Å²) in [6, 6.07) is 9.43. The van der Waals surface area contributed by atoms with Gasteiger partial charge in [0.2, 0.25) is 0 Å². The van der Waals surface area contributed by atoms with Crippen molar-refractivity contribution in [2.24, 2.45) is 0 Å². The Hall–Kier alpha value is -0.860. The first-order chi connectivity index (χ1) is 8.27. The minimum absolute atomic E-state index is 0.603. The van der Waals surface area contributed by atoms with Crippen LogP contribution in [0.15, 0.2) is 24.3 Å². The first-order valence-electron chi connectivity index (χ1n) is 6.77. The average Bonchev–Trinajstić information content (AvgIpc) is 2.38. The molecule has 0 amide bonds. The lowest BCUT2D eigenvalue weighted by Crippen LogP contribution is -2.41. The Kier molecular flexibility index (Phi) is 4.57. The van der Waals surface area contributed by atoms with Gasteiger partial charge in [-0.15, -0.1) is 0 Å². The van der Waals surface area contributed by atoms with Crippen molar-refractivity contribution < 1.29 is 0 Å². The Morgan fingerprint density at radius 3 is 2.71 bits per heavy atom. The van der Waals surface area contributed by atoms with Crippen molar-refractivity contribution >= 4 is 0 Å². The van der Waals surface area contributed by atoms with Crippen molar-refractivity contribution in [2.45, 2.75) is 38.6 Å². The number of hydrogen-bond donors (Lipinski definition) is 2. The van der Waals surface area contributed by atoms with Crippen LogP contribution < -0.4 is 10.6 Å². The van der Waals surface area contributed by atoms with Gasteiger partial charge in [0.15, 0.2) is 0 Å². The number of benzene rings is 1. The highest BCUT2D eigenvalue weighted by Gasteiger charge is 2.14.